The van der Waals surface area contributed by atoms with Crippen LogP contribution < -0.4 is 23.8 Å². The lowest BCUT2D eigenvalue weighted by Gasteiger charge is -2.35. The van der Waals surface area contributed by atoms with Gasteiger partial charge in [-0.3, -0.25) is 14.5 Å². The van der Waals surface area contributed by atoms with E-state index >= 15 is 0 Å². The topological polar surface area (TPSA) is 97.8 Å². The maximum absolute atomic E-state index is 14.5. The van der Waals surface area contributed by atoms with Crippen LogP contribution in [-0.2, 0) is 16.0 Å². The molecule has 47 heavy (non-hydrogen) atoms. The number of carboxylic acid groups (broad SMARTS) is 1. The average molecular weight is 649 g/mol. The summed E-state index contributed by atoms with van der Waals surface area (Å²) in [7, 11) is 3.13. The molecule has 3 atom stereocenters. The van der Waals surface area contributed by atoms with Gasteiger partial charge in [0.25, 0.3) is 0 Å². The number of nitrogens with zero attached hydrogens (tertiary/aromatic N) is 2. The lowest BCUT2D eigenvalue weighted by Crippen LogP contribution is -2.48. The third-order valence-corrected chi connectivity index (χ3v) is 9.40. The van der Waals surface area contributed by atoms with Crippen LogP contribution in [0.1, 0.15) is 62.1 Å². The zero-order valence-corrected chi connectivity index (χ0v) is 27.8. The van der Waals surface area contributed by atoms with Crippen molar-refractivity contribution in [2.45, 2.75) is 70.9 Å². The summed E-state index contributed by atoms with van der Waals surface area (Å²) in [5.74, 6) is -0.663. The molecule has 2 aliphatic heterocycles. The second-order valence-corrected chi connectivity index (χ2v) is 12.4. The zero-order valence-electron chi connectivity index (χ0n) is 27.8. The second-order valence-electron chi connectivity index (χ2n) is 12.4. The number of hydrogen-bond acceptors (Lipinski definition) is 7. The number of benzene rings is 3. The molecule has 3 aromatic rings. The number of ether oxygens (including phenoxy) is 4. The first-order valence-corrected chi connectivity index (χ1v) is 16.3. The first kappa shape index (κ1) is 34.0. The van der Waals surface area contributed by atoms with Crippen LogP contribution in [0.15, 0.2) is 54.6 Å². The molecule has 2 aliphatic rings. The summed E-state index contributed by atoms with van der Waals surface area (Å²) in [5, 5.41) is 10.8. The largest absolute Gasteiger partial charge is 0.496 e. The Hall–Kier alpha value is -4.31. The number of aliphatic carboxylic acids is 1. The summed E-state index contributed by atoms with van der Waals surface area (Å²) in [6.07, 6.45) is 3.69. The van der Waals surface area contributed by atoms with Gasteiger partial charge in [0.05, 0.1) is 26.7 Å². The third-order valence-electron chi connectivity index (χ3n) is 9.40. The molecule has 2 heterocycles. The highest BCUT2D eigenvalue weighted by Gasteiger charge is 2.48. The van der Waals surface area contributed by atoms with E-state index in [1.54, 1.807) is 26.2 Å². The number of carbonyl (C=O) groups excluding carboxylic acids is 1. The predicted octanol–water partition coefficient (Wildman–Crippen LogP) is 6.59. The normalized spacial score (nSPS) is 18.8. The number of rotatable bonds is 14. The number of likely N-dealkylation sites (tertiary alicyclic amines) is 1. The minimum absolute atomic E-state index is 0.0118. The highest BCUT2D eigenvalue weighted by Crippen LogP contribution is 2.47. The number of anilines is 1. The molecular formula is C37H45FN2O7. The Kier molecular flexibility index (Phi) is 10.9. The Morgan fingerprint density at radius 1 is 1.02 bits per heavy atom. The number of aryl methyl sites for hydroxylation is 1. The molecule has 1 amide bonds. The molecule has 0 unspecified atom stereocenters. The van der Waals surface area contributed by atoms with Crippen LogP contribution in [0.4, 0.5) is 10.1 Å². The van der Waals surface area contributed by atoms with Crippen molar-refractivity contribution in [3.05, 3.63) is 77.1 Å². The van der Waals surface area contributed by atoms with Crippen molar-refractivity contribution in [2.24, 2.45) is 5.92 Å². The number of hydrogen-bond donors (Lipinski definition) is 1. The first-order chi connectivity index (χ1) is 22.7. The number of methoxy groups -OCH3 is 2. The number of halogens is 1. The maximum atomic E-state index is 14.5. The molecule has 0 aromatic heterocycles. The molecule has 1 N–H and O–H groups in total. The van der Waals surface area contributed by atoms with Gasteiger partial charge in [-0.2, -0.15) is 0 Å². The summed E-state index contributed by atoms with van der Waals surface area (Å²) in [6.45, 7) is 6.23. The summed E-state index contributed by atoms with van der Waals surface area (Å²) in [5.41, 5.74) is 2.70. The molecule has 3 aromatic carbocycles. The molecule has 0 radical (unpaired) electrons. The second kappa shape index (κ2) is 15.1. The Bertz CT molecular complexity index is 1570. The fourth-order valence-corrected chi connectivity index (χ4v) is 7.20. The summed E-state index contributed by atoms with van der Waals surface area (Å²) < 4.78 is 36.9. The fraction of sp³-hybridized carbons (Fsp3) is 0.459. The molecule has 1 fully saturated rings. The van der Waals surface area contributed by atoms with Crippen LogP contribution in [0.25, 0.3) is 0 Å². The van der Waals surface area contributed by atoms with Crippen LogP contribution >= 0.6 is 0 Å². The highest BCUT2D eigenvalue weighted by molar-refractivity contribution is 5.95. The van der Waals surface area contributed by atoms with E-state index in [1.807, 2.05) is 46.2 Å². The van der Waals surface area contributed by atoms with Gasteiger partial charge in [-0.05, 0) is 79.3 Å². The predicted molar refractivity (Wildman–Crippen MR) is 177 cm³/mol. The number of carbonyl (C=O) groups is 2. The number of amides is 1. The van der Waals surface area contributed by atoms with Crippen molar-refractivity contribution in [2.75, 3.05) is 39.0 Å². The van der Waals surface area contributed by atoms with Gasteiger partial charge in [0.1, 0.15) is 11.6 Å². The van der Waals surface area contributed by atoms with Crippen LogP contribution in [-0.4, -0.2) is 68.1 Å². The van der Waals surface area contributed by atoms with E-state index in [2.05, 4.69) is 13.8 Å². The fourth-order valence-electron chi connectivity index (χ4n) is 7.20. The van der Waals surface area contributed by atoms with Gasteiger partial charge < -0.3 is 29.0 Å². The molecular weight excluding hydrogens is 603 g/mol. The minimum atomic E-state index is -0.956. The molecule has 9 nitrogen and oxygen atoms in total. The van der Waals surface area contributed by atoms with E-state index in [0.29, 0.717) is 47.2 Å². The monoisotopic (exact) mass is 648 g/mol. The van der Waals surface area contributed by atoms with Gasteiger partial charge in [-0.25, -0.2) is 4.39 Å². The molecule has 0 saturated carbocycles. The summed E-state index contributed by atoms with van der Waals surface area (Å²) in [6, 6.07) is 15.4. The van der Waals surface area contributed by atoms with Crippen LogP contribution in [0.3, 0.4) is 0 Å². The quantitative estimate of drug-likeness (QED) is 0.209. The maximum Gasteiger partial charge on any atom is 0.308 e. The van der Waals surface area contributed by atoms with Gasteiger partial charge in [0.15, 0.2) is 11.5 Å². The van der Waals surface area contributed by atoms with Gasteiger partial charge >= 0.3 is 5.97 Å². The van der Waals surface area contributed by atoms with Crippen molar-refractivity contribution >= 4 is 17.6 Å². The standard InChI is InChI=1S/C37H45FN2O7/c1-6-10-26(11-7-2)40(27-14-15-29(38)23(3)16-27)34(41)21-39-20-28(25-18-32(45-5)36-33(19-25)46-22-47-36)35(37(42)43)30(39)17-24-12-8-9-13-31(24)44-4/h8-9,12-16,18-19,26,28,30,35H,6-7,10-11,17,20-22H2,1-5H3,(H,42,43)/t28-,30+,35-/m1/s1. The van der Waals surface area contributed by atoms with E-state index in [9.17, 15) is 19.1 Å². The van der Waals surface area contributed by atoms with Crippen molar-refractivity contribution in [3.63, 3.8) is 0 Å². The SMILES string of the molecule is CCCC(CCC)N(C(=O)CN1C[C@H](c2cc(OC)c3c(c2)OCO3)[C@@H](C(=O)O)[C@@H]1Cc1ccccc1OC)c1ccc(F)c(C)c1. The first-order valence-electron chi connectivity index (χ1n) is 16.3. The molecule has 0 spiro atoms. The van der Waals surface area contributed by atoms with E-state index in [0.717, 1.165) is 36.8 Å². The molecule has 5 rings (SSSR count). The number of fused-ring (bicyclic) bond motifs is 1. The number of carboxylic acids is 1. The Labute approximate surface area is 276 Å². The van der Waals surface area contributed by atoms with Crippen molar-refractivity contribution in [1.82, 2.24) is 4.90 Å². The van der Waals surface area contributed by atoms with E-state index < -0.39 is 23.8 Å². The molecule has 252 valence electrons. The zero-order chi connectivity index (χ0) is 33.7. The lowest BCUT2D eigenvalue weighted by molar-refractivity contribution is -0.143. The van der Waals surface area contributed by atoms with Crippen LogP contribution in [0.2, 0.25) is 0 Å². The van der Waals surface area contributed by atoms with Gasteiger partial charge in [-0.1, -0.05) is 44.9 Å². The highest BCUT2D eigenvalue weighted by atomic mass is 19.1. The molecule has 0 bridgehead atoms. The van der Waals surface area contributed by atoms with E-state index in [4.69, 9.17) is 18.9 Å². The van der Waals surface area contributed by atoms with Gasteiger partial charge in [0.2, 0.25) is 18.4 Å². The van der Waals surface area contributed by atoms with Crippen molar-refractivity contribution in [3.8, 4) is 23.0 Å². The average Bonchev–Trinajstić information content (AvgIpc) is 3.68. The Balaban J connectivity index is 1.57. The van der Waals surface area contributed by atoms with E-state index in [1.165, 1.54) is 13.2 Å². The summed E-state index contributed by atoms with van der Waals surface area (Å²) >= 11 is 0. The van der Waals surface area contributed by atoms with Crippen LogP contribution in [0.5, 0.6) is 23.0 Å². The lowest BCUT2D eigenvalue weighted by atomic mass is 9.83. The van der Waals surface area contributed by atoms with Gasteiger partial charge in [-0.15, -0.1) is 0 Å². The molecule has 10 heteroatoms. The molecule has 1 saturated heterocycles. The number of para-hydroxylation sites is 1. The summed E-state index contributed by atoms with van der Waals surface area (Å²) in [4.78, 5) is 31.5. The van der Waals surface area contributed by atoms with Crippen molar-refractivity contribution in [1.29, 1.82) is 0 Å². The van der Waals surface area contributed by atoms with E-state index in [-0.39, 0.29) is 31.1 Å². The Morgan fingerprint density at radius 3 is 2.40 bits per heavy atom. The minimum Gasteiger partial charge on any atom is -0.496 e. The smallest absolute Gasteiger partial charge is 0.308 e. The Morgan fingerprint density at radius 2 is 1.74 bits per heavy atom. The van der Waals surface area contributed by atoms with Gasteiger partial charge in [0, 0.05) is 30.2 Å². The molecule has 0 aliphatic carbocycles. The van der Waals surface area contributed by atoms with Crippen LogP contribution in [0, 0.1) is 18.7 Å². The third kappa shape index (κ3) is 7.17. The van der Waals surface area contributed by atoms with Crippen molar-refractivity contribution < 1.29 is 38.0 Å².